The normalized spacial score (nSPS) is 30.2. The molecule has 4 fully saturated rings. The molecule has 1 aromatic heterocycles. The Labute approximate surface area is 173 Å². The summed E-state index contributed by atoms with van der Waals surface area (Å²) in [4.78, 5) is 26.0. The van der Waals surface area contributed by atoms with Gasteiger partial charge in [-0.1, -0.05) is 17.7 Å². The van der Waals surface area contributed by atoms with Crippen molar-refractivity contribution in [2.75, 3.05) is 5.32 Å². The highest BCUT2D eigenvalue weighted by Gasteiger charge is 2.51. The number of rotatable bonds is 4. The van der Waals surface area contributed by atoms with Crippen molar-refractivity contribution in [1.82, 2.24) is 5.32 Å². The van der Waals surface area contributed by atoms with Gasteiger partial charge in [0.25, 0.3) is 11.8 Å². The van der Waals surface area contributed by atoms with Gasteiger partial charge in [-0.3, -0.25) is 9.59 Å². The topological polar surface area (TPSA) is 58.2 Å². The van der Waals surface area contributed by atoms with Crippen LogP contribution in [0.1, 0.15) is 58.6 Å². The van der Waals surface area contributed by atoms with Gasteiger partial charge in [0.05, 0.1) is 15.6 Å². The number of carbonyl (C=O) groups is 2. The van der Waals surface area contributed by atoms with Crippen molar-refractivity contribution in [3.63, 3.8) is 0 Å². The van der Waals surface area contributed by atoms with Crippen LogP contribution in [0.15, 0.2) is 35.7 Å². The van der Waals surface area contributed by atoms with Gasteiger partial charge in [-0.2, -0.15) is 0 Å². The second kappa shape index (κ2) is 6.89. The number of carbonyl (C=O) groups excluding carboxylic acids is 2. The molecule has 0 saturated heterocycles. The molecule has 0 radical (unpaired) electrons. The lowest BCUT2D eigenvalue weighted by atomic mass is 9.53. The zero-order valence-electron chi connectivity index (χ0n) is 15.5. The van der Waals surface area contributed by atoms with E-state index in [1.54, 1.807) is 24.3 Å². The summed E-state index contributed by atoms with van der Waals surface area (Å²) >= 11 is 7.63. The molecule has 4 aliphatic rings. The van der Waals surface area contributed by atoms with E-state index in [1.165, 1.54) is 30.6 Å². The van der Waals surface area contributed by atoms with Crippen LogP contribution >= 0.6 is 22.9 Å². The SMILES string of the molecule is O=C(NC12CC3CC(CC(C3)C1)C2)c1ccc(Cl)c(NC(=O)c2cccs2)c1. The fourth-order valence-corrected chi connectivity index (χ4v) is 6.71. The van der Waals surface area contributed by atoms with Crippen molar-refractivity contribution in [3.8, 4) is 0 Å². The van der Waals surface area contributed by atoms with E-state index in [1.807, 2.05) is 11.4 Å². The fraction of sp³-hybridized carbons (Fsp3) is 0.455. The molecule has 4 bridgehead atoms. The third-order valence-corrected chi connectivity index (χ3v) is 7.84. The average molecular weight is 415 g/mol. The Morgan fingerprint density at radius 1 is 1.00 bits per heavy atom. The van der Waals surface area contributed by atoms with E-state index in [9.17, 15) is 9.59 Å². The second-order valence-electron chi connectivity index (χ2n) is 8.78. The lowest BCUT2D eigenvalue weighted by Crippen LogP contribution is -2.59. The van der Waals surface area contributed by atoms with Gasteiger partial charge in [-0.25, -0.2) is 0 Å². The van der Waals surface area contributed by atoms with Crippen LogP contribution in [0.5, 0.6) is 0 Å². The Morgan fingerprint density at radius 3 is 2.29 bits per heavy atom. The van der Waals surface area contributed by atoms with Crippen LogP contribution in [0, 0.1) is 17.8 Å². The number of anilines is 1. The largest absolute Gasteiger partial charge is 0.347 e. The molecule has 2 N–H and O–H groups in total. The van der Waals surface area contributed by atoms with E-state index in [0.717, 1.165) is 37.0 Å². The summed E-state index contributed by atoms with van der Waals surface area (Å²) in [5.74, 6) is 2.05. The predicted octanol–water partition coefficient (Wildman–Crippen LogP) is 5.35. The number of amides is 2. The number of halogens is 1. The minimum Gasteiger partial charge on any atom is -0.347 e. The molecule has 2 amide bonds. The monoisotopic (exact) mass is 414 g/mol. The Hall–Kier alpha value is -1.85. The number of hydrogen-bond donors (Lipinski definition) is 2. The molecule has 1 aromatic carbocycles. The molecule has 4 saturated carbocycles. The maximum Gasteiger partial charge on any atom is 0.265 e. The lowest BCUT2D eigenvalue weighted by molar-refractivity contribution is -0.0167. The maximum absolute atomic E-state index is 13.0. The third kappa shape index (κ3) is 3.35. The van der Waals surface area contributed by atoms with Crippen molar-refractivity contribution < 1.29 is 9.59 Å². The molecule has 1 heterocycles. The van der Waals surface area contributed by atoms with Gasteiger partial charge in [-0.15, -0.1) is 11.3 Å². The zero-order valence-corrected chi connectivity index (χ0v) is 17.1. The fourth-order valence-electron chi connectivity index (χ4n) is 5.93. The second-order valence-corrected chi connectivity index (χ2v) is 10.1. The molecule has 0 aliphatic heterocycles. The number of benzene rings is 1. The summed E-state index contributed by atoms with van der Waals surface area (Å²) < 4.78 is 0. The van der Waals surface area contributed by atoms with Gasteiger partial charge in [0.1, 0.15) is 0 Å². The van der Waals surface area contributed by atoms with Gasteiger partial charge in [0.2, 0.25) is 0 Å². The van der Waals surface area contributed by atoms with Crippen LogP contribution in [0.3, 0.4) is 0 Å². The average Bonchev–Trinajstić information content (AvgIpc) is 3.16. The van der Waals surface area contributed by atoms with E-state index in [2.05, 4.69) is 10.6 Å². The van der Waals surface area contributed by atoms with Crippen LogP contribution < -0.4 is 10.6 Å². The molecule has 4 aliphatic carbocycles. The first-order valence-corrected chi connectivity index (χ1v) is 11.2. The maximum atomic E-state index is 13.0. The quantitative estimate of drug-likeness (QED) is 0.708. The Bertz CT molecular complexity index is 889. The Morgan fingerprint density at radius 2 is 1.68 bits per heavy atom. The molecular formula is C22H23ClN2O2S. The summed E-state index contributed by atoms with van der Waals surface area (Å²) in [7, 11) is 0. The smallest absolute Gasteiger partial charge is 0.265 e. The van der Waals surface area contributed by atoms with Gasteiger partial charge in [-0.05, 0) is 85.9 Å². The molecule has 0 unspecified atom stereocenters. The van der Waals surface area contributed by atoms with Crippen molar-refractivity contribution in [3.05, 3.63) is 51.2 Å². The highest BCUT2D eigenvalue weighted by molar-refractivity contribution is 7.12. The molecule has 0 atom stereocenters. The first kappa shape index (κ1) is 18.2. The van der Waals surface area contributed by atoms with E-state index in [4.69, 9.17) is 11.6 Å². The molecule has 6 rings (SSSR count). The van der Waals surface area contributed by atoms with E-state index >= 15 is 0 Å². The molecule has 28 heavy (non-hydrogen) atoms. The molecule has 4 nitrogen and oxygen atoms in total. The summed E-state index contributed by atoms with van der Waals surface area (Å²) in [5.41, 5.74) is 0.978. The van der Waals surface area contributed by atoms with E-state index in [0.29, 0.717) is 21.2 Å². The van der Waals surface area contributed by atoms with Crippen molar-refractivity contribution in [2.45, 2.75) is 44.1 Å². The minimum absolute atomic E-state index is 0.0359. The van der Waals surface area contributed by atoms with Gasteiger partial charge >= 0.3 is 0 Å². The lowest BCUT2D eigenvalue weighted by Gasteiger charge is -2.56. The highest BCUT2D eigenvalue weighted by atomic mass is 35.5. The summed E-state index contributed by atoms with van der Waals surface area (Å²) in [6.45, 7) is 0. The third-order valence-electron chi connectivity index (χ3n) is 6.64. The molecule has 2 aromatic rings. The molecule has 0 spiro atoms. The number of thiophene rings is 1. The van der Waals surface area contributed by atoms with Crippen LogP contribution in [-0.4, -0.2) is 17.4 Å². The summed E-state index contributed by atoms with van der Waals surface area (Å²) in [6, 6.07) is 8.69. The Balaban J connectivity index is 1.33. The predicted molar refractivity (Wildman–Crippen MR) is 112 cm³/mol. The van der Waals surface area contributed by atoms with Gasteiger partial charge < -0.3 is 10.6 Å². The van der Waals surface area contributed by atoms with Gasteiger partial charge in [0, 0.05) is 11.1 Å². The van der Waals surface area contributed by atoms with Gasteiger partial charge in [0.15, 0.2) is 0 Å². The van der Waals surface area contributed by atoms with Crippen LogP contribution in [0.4, 0.5) is 5.69 Å². The first-order valence-electron chi connectivity index (χ1n) is 9.97. The van der Waals surface area contributed by atoms with Crippen molar-refractivity contribution in [1.29, 1.82) is 0 Å². The van der Waals surface area contributed by atoms with E-state index in [-0.39, 0.29) is 17.4 Å². The van der Waals surface area contributed by atoms with Crippen molar-refractivity contribution >= 4 is 40.4 Å². The molecule has 146 valence electrons. The van der Waals surface area contributed by atoms with Crippen molar-refractivity contribution in [2.24, 2.45) is 17.8 Å². The Kier molecular flexibility index (Phi) is 4.48. The number of hydrogen-bond acceptors (Lipinski definition) is 3. The standard InChI is InChI=1S/C22H23ClN2O2S/c23-17-4-3-16(9-18(17)24-21(27)19-2-1-5-28-19)20(26)25-22-10-13-6-14(11-22)8-15(7-13)12-22/h1-5,9,13-15H,6-8,10-12H2,(H,24,27)(H,25,26). The van der Waals surface area contributed by atoms with Crippen LogP contribution in [0.2, 0.25) is 5.02 Å². The molecule has 6 heteroatoms. The molecular weight excluding hydrogens is 392 g/mol. The van der Waals surface area contributed by atoms with E-state index < -0.39 is 0 Å². The van der Waals surface area contributed by atoms with Crippen LogP contribution in [-0.2, 0) is 0 Å². The summed E-state index contributed by atoms with van der Waals surface area (Å²) in [5, 5.41) is 8.48. The first-order chi connectivity index (χ1) is 13.5. The summed E-state index contributed by atoms with van der Waals surface area (Å²) in [6.07, 6.45) is 7.36. The zero-order chi connectivity index (χ0) is 19.3. The minimum atomic E-state index is -0.212. The van der Waals surface area contributed by atoms with Crippen LogP contribution in [0.25, 0.3) is 0 Å². The number of nitrogens with one attached hydrogen (secondary N) is 2. The highest BCUT2D eigenvalue weighted by Crippen LogP contribution is 2.55.